The maximum atomic E-state index is 11.1. The molecule has 0 heterocycles. The molecule has 0 unspecified atom stereocenters. The van der Waals surface area contributed by atoms with E-state index in [2.05, 4.69) is 45.4 Å². The highest BCUT2D eigenvalue weighted by molar-refractivity contribution is 7.99. The molecular weight excluding hydrogens is 386 g/mol. The first-order valence-corrected chi connectivity index (χ1v) is 9.69. The van der Waals surface area contributed by atoms with Crippen LogP contribution in [0.2, 0.25) is 0 Å². The number of rotatable bonds is 5. The normalized spacial score (nSPS) is 10.6. The molecule has 5 nitrogen and oxygen atoms in total. The molecule has 0 aliphatic carbocycles. The van der Waals surface area contributed by atoms with Gasteiger partial charge in [0.2, 0.25) is 0 Å². The third-order valence-electron chi connectivity index (χ3n) is 3.98. The molecule has 1 N–H and O–H groups in total. The van der Waals surface area contributed by atoms with Crippen molar-refractivity contribution >= 4 is 29.4 Å². The number of carboxylic acids is 2. The summed E-state index contributed by atoms with van der Waals surface area (Å²) in [5, 5.41) is 20.1. The number of para-hydroxylation sites is 1. The fourth-order valence-corrected chi connectivity index (χ4v) is 3.51. The van der Waals surface area contributed by atoms with E-state index >= 15 is 0 Å². The van der Waals surface area contributed by atoms with E-state index in [0.717, 1.165) is 16.2 Å². The number of carbonyl (C=O) groups is 2. The predicted molar refractivity (Wildman–Crippen MR) is 114 cm³/mol. The quantitative estimate of drug-likeness (QED) is 0.649. The molecule has 0 aliphatic heterocycles. The molecule has 3 aromatic rings. The van der Waals surface area contributed by atoms with Crippen molar-refractivity contribution in [3.05, 3.63) is 90.0 Å². The maximum Gasteiger partial charge on any atom is 0.336 e. The van der Waals surface area contributed by atoms with E-state index in [1.807, 2.05) is 6.07 Å². The molecule has 0 spiro atoms. The van der Waals surface area contributed by atoms with Crippen molar-refractivity contribution in [2.24, 2.45) is 0 Å². The first-order valence-electron chi connectivity index (χ1n) is 8.87. The van der Waals surface area contributed by atoms with Crippen molar-refractivity contribution < 1.29 is 19.8 Å². The molecule has 3 aromatic carbocycles. The van der Waals surface area contributed by atoms with Gasteiger partial charge < -0.3 is 15.0 Å². The molecule has 0 fully saturated rings. The summed E-state index contributed by atoms with van der Waals surface area (Å²) in [6.45, 7) is 0. The largest absolute Gasteiger partial charge is 0.545 e. The highest BCUT2D eigenvalue weighted by Gasteiger charge is 2.12. The minimum Gasteiger partial charge on any atom is -0.545 e. The number of aromatic carboxylic acids is 2. The molecule has 3 rings (SSSR count). The summed E-state index contributed by atoms with van der Waals surface area (Å²) in [4.78, 5) is 23.0. The van der Waals surface area contributed by atoms with Crippen LogP contribution in [0.15, 0.2) is 88.7 Å². The minimum absolute atomic E-state index is 0.0488. The number of hydrogen-bond acceptors (Lipinski definition) is 4. The summed E-state index contributed by atoms with van der Waals surface area (Å²) in [6.07, 6.45) is 0. The van der Waals surface area contributed by atoms with Crippen LogP contribution in [0.3, 0.4) is 0 Å². The molecule has 0 aliphatic rings. The second-order valence-corrected chi connectivity index (χ2v) is 8.12. The molecule has 29 heavy (non-hydrogen) atoms. The molecule has 0 bridgehead atoms. The Labute approximate surface area is 174 Å². The highest BCUT2D eigenvalue weighted by atomic mass is 32.2. The Balaban J connectivity index is 0.000000253. The van der Waals surface area contributed by atoms with E-state index < -0.39 is 11.9 Å². The van der Waals surface area contributed by atoms with Gasteiger partial charge in [0, 0.05) is 15.4 Å². The molecule has 0 saturated heterocycles. The summed E-state index contributed by atoms with van der Waals surface area (Å²) < 4.78 is 0.890. The van der Waals surface area contributed by atoms with E-state index in [1.54, 1.807) is 36.4 Å². The van der Waals surface area contributed by atoms with Gasteiger partial charge in [-0.1, -0.05) is 60.3 Å². The Morgan fingerprint density at radius 3 is 1.66 bits per heavy atom. The van der Waals surface area contributed by atoms with Crippen LogP contribution in [0.4, 0.5) is 5.69 Å². The van der Waals surface area contributed by atoms with E-state index in [9.17, 15) is 14.7 Å². The number of benzene rings is 3. The van der Waals surface area contributed by atoms with Crippen LogP contribution in [-0.4, -0.2) is 38.2 Å². The topological polar surface area (TPSA) is 77.4 Å². The van der Waals surface area contributed by atoms with Crippen molar-refractivity contribution in [2.75, 3.05) is 21.1 Å². The van der Waals surface area contributed by atoms with E-state index in [1.165, 1.54) is 17.8 Å². The van der Waals surface area contributed by atoms with Crippen molar-refractivity contribution in [2.45, 2.75) is 9.79 Å². The Morgan fingerprint density at radius 2 is 1.21 bits per heavy atom. The standard InChI is InChI=1S/C14H10O4S.C9H14N/c15-13(16)9-5-1-3-7-11(9)19-12-8-4-2-6-10(12)14(17)18;1-10(2,3)9-7-5-4-6-8-9/h1-8H,(H,15,16)(H,17,18);4-8H,1-3H3/q;+1/p-1. The van der Waals surface area contributed by atoms with Crippen molar-refractivity contribution in [1.82, 2.24) is 4.48 Å². The molecule has 0 saturated carbocycles. The van der Waals surface area contributed by atoms with Gasteiger partial charge in [0.25, 0.3) is 0 Å². The first kappa shape index (κ1) is 22.2. The Morgan fingerprint density at radius 1 is 0.759 bits per heavy atom. The summed E-state index contributed by atoms with van der Waals surface area (Å²) >= 11 is 1.10. The smallest absolute Gasteiger partial charge is 0.336 e. The third-order valence-corrected chi connectivity index (χ3v) is 5.13. The summed E-state index contributed by atoms with van der Waals surface area (Å²) in [5.41, 5.74) is 1.52. The van der Waals surface area contributed by atoms with Crippen LogP contribution in [0.5, 0.6) is 0 Å². The van der Waals surface area contributed by atoms with Crippen LogP contribution in [0.1, 0.15) is 20.7 Å². The van der Waals surface area contributed by atoms with E-state index in [4.69, 9.17) is 5.11 Å². The van der Waals surface area contributed by atoms with Crippen LogP contribution in [0, 0.1) is 0 Å². The Bertz CT molecular complexity index is 926. The third kappa shape index (κ3) is 6.48. The molecule has 0 amide bonds. The van der Waals surface area contributed by atoms with Crippen LogP contribution in [-0.2, 0) is 0 Å². The first-order chi connectivity index (χ1) is 13.7. The van der Waals surface area contributed by atoms with Crippen LogP contribution >= 0.6 is 11.8 Å². The van der Waals surface area contributed by atoms with Gasteiger partial charge >= 0.3 is 5.97 Å². The van der Waals surface area contributed by atoms with Gasteiger partial charge in [0.15, 0.2) is 0 Å². The highest BCUT2D eigenvalue weighted by Crippen LogP contribution is 2.32. The van der Waals surface area contributed by atoms with Gasteiger partial charge in [-0.25, -0.2) is 4.79 Å². The molecule has 0 radical (unpaired) electrons. The molecule has 150 valence electrons. The number of nitrogens with zero attached hydrogens (tertiary/aromatic N) is 1. The van der Waals surface area contributed by atoms with E-state index in [0.29, 0.717) is 9.79 Å². The fourth-order valence-electron chi connectivity index (χ4n) is 2.45. The Kier molecular flexibility index (Phi) is 7.59. The molecule has 0 atom stereocenters. The van der Waals surface area contributed by atoms with Gasteiger partial charge in [-0.15, -0.1) is 0 Å². The number of carbonyl (C=O) groups excluding carboxylic acids is 1. The summed E-state index contributed by atoms with van der Waals surface area (Å²) in [7, 11) is 6.49. The molecule has 6 heteroatoms. The van der Waals surface area contributed by atoms with Crippen molar-refractivity contribution in [3.63, 3.8) is 0 Å². The van der Waals surface area contributed by atoms with Crippen molar-refractivity contribution in [3.8, 4) is 0 Å². The molecular formula is C23H23NO4S. The Hall–Kier alpha value is -3.09. The van der Waals surface area contributed by atoms with Gasteiger partial charge in [0.1, 0.15) is 5.69 Å². The average molecular weight is 410 g/mol. The zero-order valence-electron chi connectivity index (χ0n) is 16.5. The second-order valence-electron chi connectivity index (χ2n) is 7.04. The maximum absolute atomic E-state index is 11.1. The summed E-state index contributed by atoms with van der Waals surface area (Å²) in [5.74, 6) is -2.33. The zero-order valence-corrected chi connectivity index (χ0v) is 17.3. The second kappa shape index (κ2) is 9.91. The van der Waals surface area contributed by atoms with E-state index in [-0.39, 0.29) is 11.1 Å². The van der Waals surface area contributed by atoms with Gasteiger partial charge in [-0.3, -0.25) is 4.48 Å². The SMILES string of the molecule is C[N+](C)(C)c1ccccc1.O=C([O-])c1ccccc1Sc1ccccc1C(=O)O. The van der Waals surface area contributed by atoms with Crippen LogP contribution in [0.25, 0.3) is 0 Å². The lowest BCUT2D eigenvalue weighted by Crippen LogP contribution is -2.34. The van der Waals surface area contributed by atoms with Gasteiger partial charge in [-0.05, 0) is 30.3 Å². The number of quaternary nitrogens is 1. The monoisotopic (exact) mass is 409 g/mol. The molecule has 0 aromatic heterocycles. The fraction of sp³-hybridized carbons (Fsp3) is 0.130. The zero-order chi connectivity index (χ0) is 21.4. The van der Waals surface area contributed by atoms with Gasteiger partial charge in [-0.2, -0.15) is 0 Å². The minimum atomic E-state index is -1.28. The van der Waals surface area contributed by atoms with Crippen LogP contribution < -0.4 is 9.59 Å². The lowest BCUT2D eigenvalue weighted by Gasteiger charge is -2.22. The predicted octanol–water partition coefficient (Wildman–Crippen LogP) is 3.78. The van der Waals surface area contributed by atoms with Crippen molar-refractivity contribution in [1.29, 1.82) is 0 Å². The number of hydrogen-bond donors (Lipinski definition) is 1. The van der Waals surface area contributed by atoms with Gasteiger partial charge in [0.05, 0.1) is 32.7 Å². The average Bonchev–Trinajstić information content (AvgIpc) is 2.69. The lowest BCUT2D eigenvalue weighted by atomic mass is 10.2. The summed E-state index contributed by atoms with van der Waals surface area (Å²) in [6, 6.07) is 23.2. The number of carboxylic acid groups (broad SMARTS) is 2. The lowest BCUT2D eigenvalue weighted by molar-refractivity contribution is -0.255.